The molecule has 200 valence electrons. The number of hydrogen-bond acceptors (Lipinski definition) is 2. The Morgan fingerprint density at radius 2 is 0.882 bits per heavy atom. The van der Waals surface area contributed by atoms with Crippen LogP contribution < -0.4 is 0 Å². The van der Waals surface area contributed by atoms with Gasteiger partial charge >= 0.3 is 0 Å². The maximum Gasteiger partial charge on any atom is 0.300 e. The van der Waals surface area contributed by atoms with E-state index >= 15 is 0 Å². The molecule has 8 rings (SSSR count). The molecule has 4 N–H and O–H groups in total. The van der Waals surface area contributed by atoms with E-state index in [1.807, 2.05) is 0 Å². The molecule has 0 saturated heterocycles. The van der Waals surface area contributed by atoms with Crippen LogP contribution in [0, 0.1) is 35.5 Å². The van der Waals surface area contributed by atoms with E-state index in [9.17, 15) is 0 Å². The average Bonchev–Trinajstić information content (AvgIpc) is 2.62. The van der Waals surface area contributed by atoms with Crippen molar-refractivity contribution >= 4 is 19.9 Å². The third-order valence-electron chi connectivity index (χ3n) is 9.86. The molecule has 7 heteroatoms. The van der Waals surface area contributed by atoms with Gasteiger partial charge in [-0.05, 0) is 119 Å². The summed E-state index contributed by atoms with van der Waals surface area (Å²) in [4.78, 5) is 18.0. The van der Waals surface area contributed by atoms with Crippen LogP contribution in [0.2, 0.25) is 0 Å². The Labute approximate surface area is 221 Å². The van der Waals surface area contributed by atoms with Gasteiger partial charge in [-0.2, -0.15) is 0 Å². The van der Waals surface area contributed by atoms with Gasteiger partial charge in [0.25, 0.3) is 11.9 Å². The van der Waals surface area contributed by atoms with Crippen molar-refractivity contribution in [3.8, 4) is 0 Å². The van der Waals surface area contributed by atoms with E-state index in [1.54, 1.807) is 83.2 Å². The summed E-state index contributed by atoms with van der Waals surface area (Å²) in [5.41, 5.74) is 0. The summed E-state index contributed by atoms with van der Waals surface area (Å²) >= 11 is 0. The van der Waals surface area contributed by atoms with Crippen LogP contribution in [0.4, 0.5) is 0 Å². The van der Waals surface area contributed by atoms with Crippen LogP contribution in [-0.4, -0.2) is 44.1 Å². The van der Waals surface area contributed by atoms with Crippen LogP contribution in [0.3, 0.4) is 0 Å². The van der Waals surface area contributed by atoms with Crippen molar-refractivity contribution in [2.45, 2.75) is 115 Å². The summed E-state index contributed by atoms with van der Waals surface area (Å²) in [5.74, 6) is 5.34. The van der Waals surface area contributed by atoms with E-state index in [2.05, 4.69) is 6.92 Å². The molecule has 8 aliphatic rings. The first-order chi connectivity index (χ1) is 15.1. The van der Waals surface area contributed by atoms with Gasteiger partial charge in [0.1, 0.15) is 0 Å². The van der Waals surface area contributed by atoms with Gasteiger partial charge in [0.05, 0.1) is 16.5 Å². The van der Waals surface area contributed by atoms with Crippen molar-refractivity contribution in [2.24, 2.45) is 35.5 Å². The summed E-state index contributed by atoms with van der Waals surface area (Å²) in [6, 6.07) is 0. The molecule has 0 aromatic rings. The minimum Gasteiger partial charge on any atom is -0.481 e. The van der Waals surface area contributed by atoms with Gasteiger partial charge in [-0.1, -0.05) is 6.92 Å². The van der Waals surface area contributed by atoms with E-state index in [0.717, 1.165) is 24.2 Å². The summed E-state index contributed by atoms with van der Waals surface area (Å²) in [6.07, 6.45) is 23.2. The minimum absolute atomic E-state index is 0. The summed E-state index contributed by atoms with van der Waals surface area (Å²) < 4.78 is 0. The van der Waals surface area contributed by atoms with Gasteiger partial charge in [0.2, 0.25) is 0 Å². The Balaban J connectivity index is 0.000000362. The van der Waals surface area contributed by atoms with Crippen LogP contribution in [0.5, 0.6) is 0 Å². The van der Waals surface area contributed by atoms with E-state index < -0.39 is 11.9 Å². The van der Waals surface area contributed by atoms with E-state index in [0.29, 0.717) is 0 Å². The van der Waals surface area contributed by atoms with Crippen molar-refractivity contribution in [1.82, 2.24) is 0 Å². The van der Waals surface area contributed by atoms with Crippen LogP contribution in [0.15, 0.2) is 0 Å². The molecule has 0 aliphatic heterocycles. The standard InChI is InChI=1S/C23H37P.2C2H4O2.H2O.Pd/c1-2-3-24(22-10-16-4-17(11-22)6-18(5-16)12-22)23-13-19-7-20(14-23)9-21(8-19)15-23;2*1-2(3)4;;/h16-21H,2-15H2,1H3;2*1H3,(H,3,4);1H2;/p+1. The van der Waals surface area contributed by atoms with Crippen molar-refractivity contribution in [3.05, 3.63) is 0 Å². The molecule has 5 nitrogen and oxygen atoms in total. The van der Waals surface area contributed by atoms with Gasteiger partial charge in [-0.25, -0.2) is 0 Å². The minimum atomic E-state index is -0.833. The Morgan fingerprint density at radius 3 is 1.06 bits per heavy atom. The fourth-order valence-electron chi connectivity index (χ4n) is 10.3. The first kappa shape index (κ1) is 30.2. The molecule has 0 radical (unpaired) electrons. The van der Waals surface area contributed by atoms with E-state index in [-0.39, 0.29) is 33.8 Å². The molecule has 0 spiro atoms. The van der Waals surface area contributed by atoms with Crippen molar-refractivity contribution in [2.75, 3.05) is 6.16 Å². The van der Waals surface area contributed by atoms with Gasteiger partial charge in [-0.15, -0.1) is 0 Å². The Morgan fingerprint density at radius 1 is 0.676 bits per heavy atom. The maximum atomic E-state index is 9.00. The number of rotatable bonds is 4. The predicted octanol–water partition coefficient (Wildman–Crippen LogP) is 5.90. The molecule has 0 aromatic carbocycles. The Hall–Kier alpha value is -0.00766. The maximum absolute atomic E-state index is 9.00. The molecule has 0 atom stereocenters. The van der Waals surface area contributed by atoms with E-state index in [1.165, 1.54) is 41.9 Å². The molecule has 0 amide bonds. The summed E-state index contributed by atoms with van der Waals surface area (Å²) in [7, 11) is -0.184. The topological polar surface area (TPSA) is 106 Å². The van der Waals surface area contributed by atoms with Crippen LogP contribution in [-0.2, 0) is 30.0 Å². The Bertz CT molecular complexity index is 577. The van der Waals surface area contributed by atoms with Crippen molar-refractivity contribution in [1.29, 1.82) is 0 Å². The van der Waals surface area contributed by atoms with Crippen LogP contribution in [0.25, 0.3) is 0 Å². The fraction of sp³-hybridized carbons (Fsp3) is 0.926. The van der Waals surface area contributed by atoms with Crippen molar-refractivity contribution in [3.63, 3.8) is 0 Å². The van der Waals surface area contributed by atoms with Gasteiger partial charge in [-0.3, -0.25) is 9.59 Å². The zero-order valence-electron chi connectivity index (χ0n) is 21.4. The average molecular weight is 590 g/mol. The molecule has 8 fully saturated rings. The number of aliphatic carboxylic acids is 2. The smallest absolute Gasteiger partial charge is 0.300 e. The molecule has 8 aliphatic carbocycles. The second-order valence-electron chi connectivity index (χ2n) is 12.7. The van der Waals surface area contributed by atoms with E-state index in [4.69, 9.17) is 19.8 Å². The number of hydrogen-bond donors (Lipinski definition) is 2. The fourth-order valence-corrected chi connectivity index (χ4v) is 16.2. The monoisotopic (exact) mass is 589 g/mol. The SMILES string of the molecule is CC(=O)O.CC(=O)O.CCC[PH+](C12CC3CC(CC(C3)C1)C2)C12CC3CC(CC(C3)C1)C2.O.[Pd]. The molecule has 0 heterocycles. The number of carbonyl (C=O) groups is 2. The molecule has 34 heavy (non-hydrogen) atoms. The van der Waals surface area contributed by atoms with Crippen LogP contribution >= 0.6 is 7.92 Å². The predicted molar refractivity (Wildman–Crippen MR) is 136 cm³/mol. The zero-order chi connectivity index (χ0) is 23.1. The third-order valence-corrected chi connectivity index (χ3v) is 14.6. The second-order valence-corrected chi connectivity index (χ2v) is 16.2. The second kappa shape index (κ2) is 12.0. The molecule has 8 saturated carbocycles. The summed E-state index contributed by atoms with van der Waals surface area (Å²) in [6.45, 7) is 4.69. The normalized spacial score (nSPS) is 42.7. The summed E-state index contributed by atoms with van der Waals surface area (Å²) in [5, 5.41) is 16.7. The first-order valence-corrected chi connectivity index (χ1v) is 15.1. The van der Waals surface area contributed by atoms with Crippen LogP contribution in [0.1, 0.15) is 104 Å². The van der Waals surface area contributed by atoms with Gasteiger partial charge in [0, 0.05) is 42.2 Å². The van der Waals surface area contributed by atoms with Gasteiger partial charge in [0.15, 0.2) is 0 Å². The molecule has 0 unspecified atom stereocenters. The number of carboxylic acids is 2. The first-order valence-electron chi connectivity index (χ1n) is 13.4. The number of carboxylic acid groups (broad SMARTS) is 2. The molecular weight excluding hydrogens is 542 g/mol. The zero-order valence-corrected chi connectivity index (χ0v) is 23.9. The van der Waals surface area contributed by atoms with Gasteiger partial charge < -0.3 is 15.7 Å². The van der Waals surface area contributed by atoms with Crippen molar-refractivity contribution < 1.29 is 45.7 Å². The third kappa shape index (κ3) is 6.46. The molecule has 8 bridgehead atoms. The Kier molecular flexibility index (Phi) is 10.7. The molecule has 0 aromatic heterocycles. The quantitative estimate of drug-likeness (QED) is 0.314. The largest absolute Gasteiger partial charge is 0.481 e. The molecular formula is C27H48O5PPd+.